The van der Waals surface area contributed by atoms with E-state index in [9.17, 15) is 28.7 Å². The standard InChI is InChI=1S/C28H32N5O6PS/c1-16-11-29-15-30-25(16)19-12-32(13-19)28(36)22-7-6-20-3-2-4-21(27(35)33(20)22)31-26(34)24-10-18-9-17(14-40(37,38)39)5-8-23(18)41-24/h5,8-11,15,19-22H,2-4,6-7,12-14H2,1H3,(H,31,34)(H2,37,38,39)/t20-,21-,22-/m0/s1. The van der Waals surface area contributed by atoms with E-state index in [2.05, 4.69) is 15.3 Å². The Morgan fingerprint density at radius 1 is 1.15 bits per heavy atom. The lowest BCUT2D eigenvalue weighted by molar-refractivity contribution is -0.148. The highest BCUT2D eigenvalue weighted by molar-refractivity contribution is 7.50. The number of benzene rings is 1. The van der Waals surface area contributed by atoms with Crippen LogP contribution in [-0.4, -0.2) is 78.5 Å². The molecule has 3 aliphatic rings. The normalized spacial score (nSPS) is 23.3. The Kier molecular flexibility index (Phi) is 7.44. The van der Waals surface area contributed by atoms with Crippen LogP contribution in [-0.2, 0) is 20.3 Å². The number of carbonyl (C=O) groups excluding carboxylic acids is 3. The molecule has 0 saturated carbocycles. The first kappa shape index (κ1) is 28.0. The van der Waals surface area contributed by atoms with Gasteiger partial charge in [0.05, 0.1) is 16.7 Å². The Morgan fingerprint density at radius 3 is 2.71 bits per heavy atom. The predicted molar refractivity (Wildman–Crippen MR) is 152 cm³/mol. The molecular formula is C28H32N5O6PS. The zero-order valence-electron chi connectivity index (χ0n) is 22.6. The second kappa shape index (κ2) is 10.9. The van der Waals surface area contributed by atoms with E-state index in [0.717, 1.165) is 35.2 Å². The van der Waals surface area contributed by atoms with Crippen LogP contribution in [0.2, 0.25) is 0 Å². The lowest BCUT2D eigenvalue weighted by Gasteiger charge is -2.42. The van der Waals surface area contributed by atoms with E-state index >= 15 is 0 Å². The molecule has 3 saturated heterocycles. The highest BCUT2D eigenvalue weighted by atomic mass is 32.1. The Morgan fingerprint density at radius 2 is 1.95 bits per heavy atom. The van der Waals surface area contributed by atoms with E-state index in [0.29, 0.717) is 41.8 Å². The molecule has 3 fully saturated rings. The Labute approximate surface area is 241 Å². The predicted octanol–water partition coefficient (Wildman–Crippen LogP) is 2.95. The summed E-state index contributed by atoms with van der Waals surface area (Å²) in [6, 6.07) is 5.51. The fraction of sp³-hybridized carbons (Fsp3) is 0.464. The summed E-state index contributed by atoms with van der Waals surface area (Å²) in [5.41, 5.74) is 2.46. The number of aryl methyl sites for hydroxylation is 1. The van der Waals surface area contributed by atoms with Gasteiger partial charge in [-0.25, -0.2) is 9.97 Å². The molecule has 0 aliphatic carbocycles. The summed E-state index contributed by atoms with van der Waals surface area (Å²) in [5, 5.41) is 3.64. The third-order valence-corrected chi connectivity index (χ3v) is 10.3. The van der Waals surface area contributed by atoms with E-state index in [4.69, 9.17) is 0 Å². The van der Waals surface area contributed by atoms with Crippen molar-refractivity contribution in [1.82, 2.24) is 25.1 Å². The van der Waals surface area contributed by atoms with Crippen LogP contribution in [0.15, 0.2) is 36.8 Å². The van der Waals surface area contributed by atoms with E-state index in [-0.39, 0.29) is 35.8 Å². The third kappa shape index (κ3) is 5.66. The smallest absolute Gasteiger partial charge is 0.329 e. The molecule has 1 aromatic carbocycles. The Hall–Kier alpha value is -3.18. The average molecular weight is 598 g/mol. The Balaban J connectivity index is 1.13. The number of hydrogen-bond donors (Lipinski definition) is 3. The number of nitrogens with zero attached hydrogens (tertiary/aromatic N) is 4. The van der Waals surface area contributed by atoms with Crippen molar-refractivity contribution in [2.75, 3.05) is 13.1 Å². The van der Waals surface area contributed by atoms with Gasteiger partial charge in [-0.3, -0.25) is 18.9 Å². The highest BCUT2D eigenvalue weighted by Gasteiger charge is 2.47. The lowest BCUT2D eigenvalue weighted by atomic mass is 9.92. The van der Waals surface area contributed by atoms with E-state index < -0.39 is 19.7 Å². The molecule has 0 radical (unpaired) electrons. The summed E-state index contributed by atoms with van der Waals surface area (Å²) >= 11 is 1.26. The molecule has 2 aromatic heterocycles. The van der Waals surface area contributed by atoms with Crippen molar-refractivity contribution in [1.29, 1.82) is 0 Å². The van der Waals surface area contributed by atoms with Crippen LogP contribution in [0, 0.1) is 6.92 Å². The number of aromatic nitrogens is 2. The molecule has 3 atom stereocenters. The van der Waals surface area contributed by atoms with E-state index in [1.54, 1.807) is 35.4 Å². The van der Waals surface area contributed by atoms with Crippen molar-refractivity contribution in [3.05, 3.63) is 58.5 Å². The topological polar surface area (TPSA) is 153 Å². The highest BCUT2D eigenvalue weighted by Crippen LogP contribution is 2.40. The second-order valence-electron chi connectivity index (χ2n) is 11.3. The molecule has 0 spiro atoms. The van der Waals surface area contributed by atoms with Crippen molar-refractivity contribution in [3.63, 3.8) is 0 Å². The average Bonchev–Trinajstić information content (AvgIpc) is 3.47. The SMILES string of the molecule is Cc1cncnc1C1CN(C(=O)[C@@H]2CC[C@@H]3CCC[C@H](NC(=O)c4cc5cc(CP(=O)(O)O)ccc5s4)C(=O)N32)C1. The van der Waals surface area contributed by atoms with E-state index in [1.165, 1.54) is 17.7 Å². The van der Waals surface area contributed by atoms with Crippen LogP contribution in [0.4, 0.5) is 0 Å². The van der Waals surface area contributed by atoms with Gasteiger partial charge in [0, 0.05) is 35.9 Å². The maximum atomic E-state index is 13.8. The first-order valence-electron chi connectivity index (χ1n) is 13.8. The molecule has 3 aliphatic heterocycles. The van der Waals surface area contributed by atoms with Gasteiger partial charge in [-0.2, -0.15) is 0 Å². The summed E-state index contributed by atoms with van der Waals surface area (Å²) < 4.78 is 12.2. The molecule has 0 bridgehead atoms. The van der Waals surface area contributed by atoms with Crippen LogP contribution in [0.5, 0.6) is 0 Å². The summed E-state index contributed by atoms with van der Waals surface area (Å²) in [6.45, 7) is 3.11. The minimum Gasteiger partial charge on any atom is -0.340 e. The van der Waals surface area contributed by atoms with Gasteiger partial charge >= 0.3 is 7.60 Å². The summed E-state index contributed by atoms with van der Waals surface area (Å²) in [6.07, 6.45) is 6.42. The van der Waals surface area contributed by atoms with Crippen molar-refractivity contribution in [2.24, 2.45) is 0 Å². The van der Waals surface area contributed by atoms with Crippen molar-refractivity contribution >= 4 is 46.7 Å². The number of carbonyl (C=O) groups is 3. The molecule has 11 nitrogen and oxygen atoms in total. The van der Waals surface area contributed by atoms with Crippen LogP contribution >= 0.6 is 18.9 Å². The summed E-state index contributed by atoms with van der Waals surface area (Å²) in [4.78, 5) is 71.5. The summed E-state index contributed by atoms with van der Waals surface area (Å²) in [5.74, 6) is -0.440. The first-order chi connectivity index (χ1) is 19.6. The largest absolute Gasteiger partial charge is 0.340 e. The molecule has 3 aromatic rings. The number of nitrogens with one attached hydrogen (secondary N) is 1. The van der Waals surface area contributed by atoms with Gasteiger partial charge in [0.1, 0.15) is 18.4 Å². The Bertz CT molecular complexity index is 1570. The number of likely N-dealkylation sites (tertiary alicyclic amines) is 1. The van der Waals surface area contributed by atoms with Crippen molar-refractivity contribution in [3.8, 4) is 0 Å². The monoisotopic (exact) mass is 597 g/mol. The quantitative estimate of drug-likeness (QED) is 0.367. The van der Waals surface area contributed by atoms with Crippen LogP contribution in [0.25, 0.3) is 10.1 Å². The van der Waals surface area contributed by atoms with Crippen molar-refractivity contribution < 1.29 is 28.7 Å². The fourth-order valence-corrected chi connectivity index (χ4v) is 8.00. The van der Waals surface area contributed by atoms with Gasteiger partial charge in [-0.05, 0) is 73.7 Å². The molecule has 3 amide bonds. The third-order valence-electron chi connectivity index (χ3n) is 8.38. The molecule has 3 N–H and O–H groups in total. The number of amides is 3. The lowest BCUT2D eigenvalue weighted by Crippen LogP contribution is -2.58. The minimum absolute atomic E-state index is 0.00342. The molecule has 41 heavy (non-hydrogen) atoms. The number of thiophene rings is 1. The molecule has 216 valence electrons. The van der Waals surface area contributed by atoms with Gasteiger partial charge in [-0.1, -0.05) is 6.07 Å². The molecule has 13 heteroatoms. The first-order valence-corrected chi connectivity index (χ1v) is 16.4. The van der Waals surface area contributed by atoms with Gasteiger partial charge in [0.25, 0.3) is 5.91 Å². The zero-order valence-corrected chi connectivity index (χ0v) is 24.3. The summed E-state index contributed by atoms with van der Waals surface area (Å²) in [7, 11) is -4.21. The van der Waals surface area contributed by atoms with Crippen LogP contribution < -0.4 is 5.32 Å². The number of rotatable bonds is 6. The van der Waals surface area contributed by atoms with Gasteiger partial charge in [0.2, 0.25) is 11.8 Å². The minimum atomic E-state index is -4.21. The maximum absolute atomic E-state index is 13.8. The zero-order chi connectivity index (χ0) is 28.9. The molecule has 6 rings (SSSR count). The number of hydrogen-bond acceptors (Lipinski definition) is 7. The molecule has 0 unspecified atom stereocenters. The molecular weight excluding hydrogens is 565 g/mol. The van der Waals surface area contributed by atoms with Gasteiger partial charge in [-0.15, -0.1) is 11.3 Å². The number of fused-ring (bicyclic) bond motifs is 2. The molecule has 5 heterocycles. The van der Waals surface area contributed by atoms with Crippen LogP contribution in [0.1, 0.15) is 64.5 Å². The fourth-order valence-electron chi connectivity index (χ4n) is 6.39. The van der Waals surface area contributed by atoms with Gasteiger partial charge < -0.3 is 24.9 Å². The van der Waals surface area contributed by atoms with Gasteiger partial charge in [0.15, 0.2) is 0 Å². The maximum Gasteiger partial charge on any atom is 0.329 e. The second-order valence-corrected chi connectivity index (χ2v) is 14.0. The van der Waals surface area contributed by atoms with E-state index in [1.807, 2.05) is 11.8 Å². The van der Waals surface area contributed by atoms with Crippen LogP contribution in [0.3, 0.4) is 0 Å². The van der Waals surface area contributed by atoms with Crippen molar-refractivity contribution in [2.45, 2.75) is 69.2 Å².